The molecule has 0 amide bonds. The number of unbranched alkanes of at least 4 members (excludes halogenated alkanes) is 14. The van der Waals surface area contributed by atoms with Crippen LogP contribution in [0.1, 0.15) is 117 Å². The normalized spacial score (nSPS) is 11.3. The van der Waals surface area contributed by atoms with Crippen molar-refractivity contribution in [3.05, 3.63) is 0 Å². The molecule has 8 nitrogen and oxygen atoms in total. The first-order chi connectivity index (χ1) is 15.1. The van der Waals surface area contributed by atoms with Gasteiger partial charge in [0, 0.05) is 5.97 Å². The van der Waals surface area contributed by atoms with Crippen molar-refractivity contribution >= 4 is 16.1 Å². The van der Waals surface area contributed by atoms with Gasteiger partial charge in [0.2, 0.25) is 0 Å². The molecule has 0 aliphatic carbocycles. The van der Waals surface area contributed by atoms with Crippen LogP contribution in [0.15, 0.2) is 0 Å². The zero-order chi connectivity index (χ0) is 25.1. The summed E-state index contributed by atoms with van der Waals surface area (Å²) in [5.74, 6) is -1.48. The largest absolute Gasteiger partial charge is 1.00 e. The van der Waals surface area contributed by atoms with Crippen LogP contribution in [0.2, 0.25) is 0 Å². The van der Waals surface area contributed by atoms with E-state index in [2.05, 4.69) is 6.92 Å². The molecule has 0 spiro atoms. The van der Waals surface area contributed by atoms with Crippen LogP contribution >= 0.6 is 0 Å². The monoisotopic (exact) mass is 508 g/mol. The fourth-order valence-corrected chi connectivity index (χ4v) is 2.99. The maximum Gasteiger partial charge on any atom is 1.00 e. The van der Waals surface area contributed by atoms with Gasteiger partial charge in [-0.1, -0.05) is 96.8 Å². The predicted octanol–water partition coefficient (Wildman–Crippen LogP) is 0.228. The molecule has 1 unspecified atom stereocenters. The summed E-state index contributed by atoms with van der Waals surface area (Å²) >= 11 is 0. The Kier molecular flexibility index (Phi) is 39.5. The Morgan fingerprint density at radius 2 is 1.09 bits per heavy atom. The molecule has 0 saturated heterocycles. The van der Waals surface area contributed by atoms with Crippen LogP contribution in [0, 0.1) is 0 Å². The number of aliphatic carboxylic acids is 1. The number of carbonyl (C=O) groups is 1. The molecule has 0 aromatic rings. The maximum atomic E-state index is 10.2. The summed E-state index contributed by atoms with van der Waals surface area (Å²) in [5, 5.41) is 34.1. The molecular weight excluding hydrogens is 459 g/mol. The molecule has 0 aliphatic heterocycles. The Bertz CT molecular complexity index is 473. The number of carboxylic acids is 1. The summed E-state index contributed by atoms with van der Waals surface area (Å²) in [4.78, 5) is 10.2. The minimum atomic E-state index is -3.92. The summed E-state index contributed by atoms with van der Waals surface area (Å²) < 4.78 is 27.1. The Hall–Kier alpha value is 0.260. The Balaban J connectivity index is -0.000000266. The summed E-state index contributed by atoms with van der Waals surface area (Å²) in [5.41, 5.74) is 0. The Labute approximate surface area is 224 Å². The van der Waals surface area contributed by atoms with Crippen LogP contribution in [0.3, 0.4) is 0 Å². The van der Waals surface area contributed by atoms with Gasteiger partial charge in [0.1, 0.15) is 0 Å². The van der Waals surface area contributed by atoms with Gasteiger partial charge >= 0.3 is 29.6 Å². The van der Waals surface area contributed by atoms with E-state index in [0.29, 0.717) is 0 Å². The Morgan fingerprint density at radius 3 is 1.27 bits per heavy atom. The van der Waals surface area contributed by atoms with E-state index in [1.807, 2.05) is 0 Å². The molecule has 0 aliphatic rings. The van der Waals surface area contributed by atoms with Crippen LogP contribution in [-0.4, -0.2) is 59.3 Å². The van der Waals surface area contributed by atoms with Gasteiger partial charge < -0.3 is 25.2 Å². The van der Waals surface area contributed by atoms with E-state index in [1.54, 1.807) is 0 Å². The molecule has 0 bridgehead atoms. The van der Waals surface area contributed by atoms with Crippen LogP contribution in [0.4, 0.5) is 0 Å². The second-order valence-electron chi connectivity index (χ2n) is 8.11. The molecule has 0 aromatic carbocycles. The average Bonchev–Trinajstić information content (AvgIpc) is 2.70. The molecule has 196 valence electrons. The fourth-order valence-electron chi connectivity index (χ4n) is 2.76. The second-order valence-corrected chi connectivity index (χ2v) is 9.69. The first-order valence-electron chi connectivity index (χ1n) is 12.1. The van der Waals surface area contributed by atoms with E-state index in [1.165, 1.54) is 90.4 Å². The summed E-state index contributed by atoms with van der Waals surface area (Å²) in [7, 11) is -3.92. The van der Waals surface area contributed by atoms with E-state index in [-0.39, 0.29) is 42.6 Å². The maximum absolute atomic E-state index is 10.2. The molecule has 4 N–H and O–H groups in total. The van der Waals surface area contributed by atoms with Crippen molar-refractivity contribution in [2.75, 3.05) is 19.0 Å². The van der Waals surface area contributed by atoms with Crippen molar-refractivity contribution in [1.82, 2.24) is 0 Å². The van der Waals surface area contributed by atoms with Crippen molar-refractivity contribution in [1.29, 1.82) is 0 Å². The molecule has 0 saturated carbocycles. The van der Waals surface area contributed by atoms with Gasteiger partial charge in [-0.2, -0.15) is 8.42 Å². The van der Waals surface area contributed by atoms with Crippen molar-refractivity contribution in [3.63, 3.8) is 0 Å². The molecule has 0 heterocycles. The first-order valence-corrected chi connectivity index (χ1v) is 13.8. The average molecular weight is 509 g/mol. The van der Waals surface area contributed by atoms with Crippen LogP contribution in [-0.2, 0) is 14.9 Å². The third-order valence-corrected chi connectivity index (χ3v) is 5.30. The zero-order valence-electron chi connectivity index (χ0n) is 21.3. The fraction of sp³-hybridized carbons (Fsp3) is 0.957. The molecular formula is C23H49NaO8S. The SMILES string of the molecule is CC(O)CO.CCCCCCCCCCCCCCCCCC(=O)[O-].O=S(=O)(O)CCO.[Na+]. The standard InChI is InChI=1S/C18H36O2.C3H8O2.C2H6O4S.Na/c1-2-3-4-5-6-7-8-9-10-11-12-13-14-15-16-17-18(19)20;1-3(5)2-4;3-1-2-7(4,5)6;/h2-17H2,1H3,(H,19,20);3-5H,2H2,1H3;3H,1-2H2,(H,4,5,6);/q;;;+1/p-1. The van der Waals surface area contributed by atoms with Gasteiger partial charge in [0.05, 0.1) is 25.1 Å². The van der Waals surface area contributed by atoms with Crippen molar-refractivity contribution in [2.45, 2.75) is 123 Å². The molecule has 1 atom stereocenters. The van der Waals surface area contributed by atoms with Crippen molar-refractivity contribution < 1.29 is 67.7 Å². The van der Waals surface area contributed by atoms with Gasteiger partial charge in [0.15, 0.2) is 0 Å². The van der Waals surface area contributed by atoms with E-state index >= 15 is 0 Å². The van der Waals surface area contributed by atoms with Gasteiger partial charge in [-0.15, -0.1) is 0 Å². The van der Waals surface area contributed by atoms with Crippen LogP contribution < -0.4 is 34.7 Å². The molecule has 33 heavy (non-hydrogen) atoms. The first kappa shape index (κ1) is 40.4. The topological polar surface area (TPSA) is 155 Å². The van der Waals surface area contributed by atoms with Crippen LogP contribution in [0.5, 0.6) is 0 Å². The van der Waals surface area contributed by atoms with E-state index in [4.69, 9.17) is 19.9 Å². The number of hydrogen-bond acceptors (Lipinski definition) is 7. The van der Waals surface area contributed by atoms with Gasteiger partial charge in [-0.25, -0.2) is 0 Å². The Morgan fingerprint density at radius 1 is 0.788 bits per heavy atom. The third-order valence-electron chi connectivity index (χ3n) is 4.60. The number of carboxylic acid groups (broad SMARTS) is 1. The summed E-state index contributed by atoms with van der Waals surface area (Å²) in [6.07, 6.45) is 19.3. The quantitative estimate of drug-likeness (QED) is 0.110. The number of aliphatic hydroxyl groups excluding tert-OH is 3. The zero-order valence-corrected chi connectivity index (χ0v) is 24.2. The van der Waals surface area contributed by atoms with E-state index in [0.717, 1.165) is 12.8 Å². The van der Waals surface area contributed by atoms with Gasteiger partial charge in [-0.3, -0.25) is 4.55 Å². The molecule has 0 radical (unpaired) electrons. The number of hydrogen-bond donors (Lipinski definition) is 4. The van der Waals surface area contributed by atoms with Gasteiger partial charge in [0.25, 0.3) is 10.1 Å². The van der Waals surface area contributed by atoms with Gasteiger partial charge in [-0.05, 0) is 19.8 Å². The molecule has 0 aromatic heterocycles. The number of aliphatic hydroxyl groups is 3. The second kappa shape index (κ2) is 32.3. The molecule has 0 fully saturated rings. The smallest absolute Gasteiger partial charge is 0.550 e. The minimum absolute atomic E-state index is 0. The van der Waals surface area contributed by atoms with E-state index in [9.17, 15) is 18.3 Å². The van der Waals surface area contributed by atoms with Crippen molar-refractivity contribution in [2.24, 2.45) is 0 Å². The number of carbonyl (C=O) groups excluding carboxylic acids is 1. The number of rotatable bonds is 19. The summed E-state index contributed by atoms with van der Waals surface area (Å²) in [6.45, 7) is 3.13. The molecule has 10 heteroatoms. The van der Waals surface area contributed by atoms with Crippen LogP contribution in [0.25, 0.3) is 0 Å². The minimum Gasteiger partial charge on any atom is -0.550 e. The van der Waals surface area contributed by atoms with Crippen molar-refractivity contribution in [3.8, 4) is 0 Å². The van der Waals surface area contributed by atoms with E-state index < -0.39 is 34.6 Å². The third kappa shape index (κ3) is 54.6. The predicted molar refractivity (Wildman–Crippen MR) is 127 cm³/mol. The molecule has 0 rings (SSSR count). The summed E-state index contributed by atoms with van der Waals surface area (Å²) in [6, 6.07) is 0.